The van der Waals surface area contributed by atoms with E-state index < -0.39 is 0 Å². The van der Waals surface area contributed by atoms with Crippen LogP contribution in [0.3, 0.4) is 0 Å². The van der Waals surface area contributed by atoms with Gasteiger partial charge in [0.25, 0.3) is 0 Å². The Balaban J connectivity index is 0.000000172. The summed E-state index contributed by atoms with van der Waals surface area (Å²) in [6.45, 7) is 20.8. The first kappa shape index (κ1) is 104. The first-order valence-electron chi connectivity index (χ1n) is 43.2. The van der Waals surface area contributed by atoms with Crippen molar-refractivity contribution < 1.29 is 80.4 Å². The Bertz CT molecular complexity index is 6340. The van der Waals surface area contributed by atoms with Gasteiger partial charge in [-0.25, -0.2) is 0 Å². The predicted molar refractivity (Wildman–Crippen MR) is 537 cm³/mol. The molecule has 0 bridgehead atoms. The third-order valence-electron chi connectivity index (χ3n) is 20.7. The normalized spacial score (nSPS) is 9.93. The van der Waals surface area contributed by atoms with Crippen LogP contribution in [0, 0.1) is 118 Å². The Kier molecular flexibility index (Phi) is 42.8. The second kappa shape index (κ2) is 55.1. The molecule has 0 amide bonds. The third kappa shape index (κ3) is 31.9. The molecule has 4 radical (unpaired) electrons. The number of hydrogen-bond acceptors (Lipinski definition) is 8. The van der Waals surface area contributed by atoms with E-state index in [1.54, 1.807) is 6.20 Å². The summed E-state index contributed by atoms with van der Waals surface area (Å²) in [6.07, 6.45) is 11.3. The third-order valence-corrected chi connectivity index (χ3v) is 20.7. The zero-order chi connectivity index (χ0) is 90.4. The van der Waals surface area contributed by atoms with Crippen LogP contribution >= 0.6 is 0 Å². The molecule has 0 N–H and O–H groups in total. The van der Waals surface area contributed by atoms with Crippen molar-refractivity contribution in [2.45, 2.75) is 69.2 Å². The van der Waals surface area contributed by atoms with Crippen LogP contribution in [-0.2, 0) is 80.4 Å². The van der Waals surface area contributed by atoms with Gasteiger partial charge in [0.05, 0.1) is 0 Å². The van der Waals surface area contributed by atoms with Crippen molar-refractivity contribution in [3.05, 3.63) is 530 Å². The van der Waals surface area contributed by atoms with E-state index in [9.17, 15) is 0 Å². The Morgan fingerprint density at radius 1 is 0.179 bits per heavy atom. The molecule has 8 heterocycles. The summed E-state index contributed by atoms with van der Waals surface area (Å²) in [4.78, 5) is 35.6. The molecule has 20 aromatic rings. The van der Waals surface area contributed by atoms with Gasteiger partial charge in [0.2, 0.25) is 0 Å². The van der Waals surface area contributed by atoms with Gasteiger partial charge < -0.3 is 39.9 Å². The summed E-state index contributed by atoms with van der Waals surface area (Å²) in [5.41, 5.74) is 37.7. The van der Waals surface area contributed by atoms with E-state index >= 15 is 0 Å². The summed E-state index contributed by atoms with van der Waals surface area (Å²) in [7, 11) is 0. The van der Waals surface area contributed by atoms with E-state index in [0.29, 0.717) is 0 Å². The van der Waals surface area contributed by atoms with Gasteiger partial charge in [-0.2, -0.15) is 0 Å². The van der Waals surface area contributed by atoms with E-state index in [1.807, 2.05) is 318 Å². The van der Waals surface area contributed by atoms with Crippen molar-refractivity contribution >= 4 is 0 Å². The molecule has 672 valence electrons. The summed E-state index contributed by atoms with van der Waals surface area (Å²) in [5, 5.41) is 0. The van der Waals surface area contributed by atoms with Gasteiger partial charge in [-0.1, -0.05) is 206 Å². The molecule has 12 aromatic carbocycles. The average molecular weight is 2450 g/mol. The number of hydrogen-bond donors (Lipinski definition) is 0. The van der Waals surface area contributed by atoms with Crippen LogP contribution in [0.4, 0.5) is 0 Å². The summed E-state index contributed by atoms with van der Waals surface area (Å²) < 4.78 is 0. The standard InChI is InChI=1S/3C18H14N.C17H12N.2C14H14N.C12H10N.C11H8N.4Ir/c3*1-14-12-18(16-10-6-3-7-11-16)19-13-17(14)15-8-4-2-5-9-15;1-3-7-14(8-4-1)16-11-12-18-17(13-16)15-9-5-2-6-10-15;2*1-10-5-4-6-13(8-10)14-9-11(2)7-12(3)15-14;1-10-6-5-9-13-12(10)11-7-3-2-4-8-11;1-2-6-10(7-3-1)11-8-4-5-9-12-11;;;;/h3*2-10,12-13H,1H3;1-9,11-13H;2*4-5,7-9H,1-3H3;2-7,9H,1H3;1-6,8-9H;;;;/q8*-1;;;;. The molecule has 12 heteroatoms. The van der Waals surface area contributed by atoms with Crippen LogP contribution < -0.4 is 0 Å². The number of pyridine rings is 8. The molecule has 0 aliphatic carbocycles. The quantitative estimate of drug-likeness (QED) is 0.111. The van der Waals surface area contributed by atoms with Crippen molar-refractivity contribution in [3.8, 4) is 135 Å². The molecule has 0 aliphatic rings. The SMILES string of the molecule is Cc1cc(-c2[c-]cccc2)ncc1-c1ccccc1.Cc1cc(-c2[c-]cccc2)ncc1-c1ccccc1.Cc1cc(-c2[c-]cccc2)ncc1-c1ccccc1.Cc1cc[c-]c(-c2cc(C)cc(C)n2)c1.Cc1cc[c-]c(-c2cc(C)cc(C)n2)c1.Cc1cccnc1-c1[c-]cccc1.[Ir].[Ir].[Ir].[Ir].[c-]1ccccc1-c1cc(-c2ccccc2)ccn1.[c-]1ccccc1-c1ccccn1. The average Bonchev–Trinajstić information content (AvgIpc) is 0.799. The fraction of sp³-hybridized carbons (Fsp3) is 0.0820. The minimum absolute atomic E-state index is 0. The maximum Gasteiger partial charge on any atom is 0.0268 e. The van der Waals surface area contributed by atoms with Gasteiger partial charge in [0.1, 0.15) is 0 Å². The van der Waals surface area contributed by atoms with Gasteiger partial charge in [0, 0.05) is 146 Å². The molecule has 20 rings (SSSR count). The number of nitrogens with zero attached hydrogens (tertiary/aromatic N) is 8. The van der Waals surface area contributed by atoms with Crippen molar-refractivity contribution in [1.29, 1.82) is 0 Å². The van der Waals surface area contributed by atoms with E-state index in [2.05, 4.69) is 259 Å². The van der Waals surface area contributed by atoms with Crippen LogP contribution in [0.15, 0.2) is 425 Å². The fourth-order valence-corrected chi connectivity index (χ4v) is 14.3. The largest absolute Gasteiger partial charge is 0.305 e. The van der Waals surface area contributed by atoms with Crippen molar-refractivity contribution in [3.63, 3.8) is 0 Å². The van der Waals surface area contributed by atoms with E-state index in [-0.39, 0.29) is 80.4 Å². The predicted octanol–water partition coefficient (Wildman–Crippen LogP) is 30.1. The smallest absolute Gasteiger partial charge is 0.0268 e. The van der Waals surface area contributed by atoms with Crippen LogP contribution in [0.5, 0.6) is 0 Å². The van der Waals surface area contributed by atoms with E-state index in [1.165, 1.54) is 89.0 Å². The zero-order valence-electron chi connectivity index (χ0n) is 76.3. The Morgan fingerprint density at radius 2 is 0.493 bits per heavy atom. The second-order valence-electron chi connectivity index (χ2n) is 31.0. The molecule has 0 aliphatic heterocycles. The van der Waals surface area contributed by atoms with Crippen LogP contribution in [0.2, 0.25) is 0 Å². The summed E-state index contributed by atoms with van der Waals surface area (Å²) in [5.74, 6) is 0. The van der Waals surface area contributed by atoms with Gasteiger partial charge in [0.15, 0.2) is 0 Å². The first-order valence-corrected chi connectivity index (χ1v) is 43.2. The molecule has 0 fully saturated rings. The van der Waals surface area contributed by atoms with Gasteiger partial charge >= 0.3 is 0 Å². The van der Waals surface area contributed by atoms with Gasteiger partial charge in [-0.3, -0.25) is 0 Å². The Hall–Kier alpha value is -13.6. The molecular formula is C122H100Ir4N8-8. The number of aryl methyl sites for hydroxylation is 10. The van der Waals surface area contributed by atoms with Crippen LogP contribution in [0.1, 0.15) is 55.9 Å². The monoisotopic (exact) mass is 2450 g/mol. The minimum Gasteiger partial charge on any atom is -0.305 e. The minimum atomic E-state index is 0. The fourth-order valence-electron chi connectivity index (χ4n) is 14.3. The zero-order valence-corrected chi connectivity index (χ0v) is 85.9. The molecule has 0 unspecified atom stereocenters. The molecule has 0 atom stereocenters. The van der Waals surface area contributed by atoms with Crippen molar-refractivity contribution in [1.82, 2.24) is 39.9 Å². The Labute approximate surface area is 846 Å². The molecule has 0 saturated carbocycles. The van der Waals surface area contributed by atoms with Crippen molar-refractivity contribution in [2.24, 2.45) is 0 Å². The van der Waals surface area contributed by atoms with Crippen LogP contribution in [0.25, 0.3) is 135 Å². The molecule has 0 spiro atoms. The second-order valence-corrected chi connectivity index (χ2v) is 31.0. The molecule has 8 nitrogen and oxygen atoms in total. The van der Waals surface area contributed by atoms with E-state index in [4.69, 9.17) is 0 Å². The van der Waals surface area contributed by atoms with Gasteiger partial charge in [-0.15, -0.1) is 286 Å². The topological polar surface area (TPSA) is 103 Å². The number of rotatable bonds is 12. The van der Waals surface area contributed by atoms with Crippen molar-refractivity contribution in [2.75, 3.05) is 0 Å². The van der Waals surface area contributed by atoms with E-state index in [0.717, 1.165) is 101 Å². The maximum absolute atomic E-state index is 4.55. The van der Waals surface area contributed by atoms with Gasteiger partial charge in [-0.05, 0) is 176 Å². The molecule has 8 aromatic heterocycles. The number of benzene rings is 12. The Morgan fingerprint density at radius 3 is 0.813 bits per heavy atom. The summed E-state index contributed by atoms with van der Waals surface area (Å²) >= 11 is 0. The number of aromatic nitrogens is 8. The molecule has 0 saturated heterocycles. The summed E-state index contributed by atoms with van der Waals surface area (Å²) in [6, 6.07) is 155. The van der Waals surface area contributed by atoms with Crippen LogP contribution in [-0.4, -0.2) is 39.9 Å². The molecular weight excluding hydrogens is 2350 g/mol. The first-order chi connectivity index (χ1) is 63.6. The maximum atomic E-state index is 4.55. The molecule has 134 heavy (non-hydrogen) atoms.